The smallest absolute Gasteiger partial charge is 0.177 e. The van der Waals surface area contributed by atoms with Crippen molar-refractivity contribution in [3.8, 4) is 16.9 Å². The second-order valence-electron chi connectivity index (χ2n) is 4.95. The molecular formula is C16H12FNO3S. The van der Waals surface area contributed by atoms with E-state index in [1.807, 2.05) is 0 Å². The molecule has 0 fully saturated rings. The highest BCUT2D eigenvalue weighted by molar-refractivity contribution is 7.91. The number of fused-ring (bicyclic) bond motifs is 1. The number of phenols is 1. The Morgan fingerprint density at radius 1 is 1.09 bits per heavy atom. The highest BCUT2D eigenvalue weighted by Gasteiger charge is 2.16. The van der Waals surface area contributed by atoms with Crippen LogP contribution in [-0.2, 0) is 9.84 Å². The average Bonchev–Trinajstić information content (AvgIpc) is 2.47. The number of pyridine rings is 1. The van der Waals surface area contributed by atoms with Crippen LogP contribution in [0.4, 0.5) is 4.39 Å². The topological polar surface area (TPSA) is 67.3 Å². The van der Waals surface area contributed by atoms with Gasteiger partial charge in [0.05, 0.1) is 10.4 Å². The minimum absolute atomic E-state index is 0.0689. The predicted molar refractivity (Wildman–Crippen MR) is 81.9 cm³/mol. The van der Waals surface area contributed by atoms with E-state index in [1.165, 1.54) is 24.4 Å². The number of hydrogen-bond donors (Lipinski definition) is 1. The lowest BCUT2D eigenvalue weighted by molar-refractivity contribution is 0.473. The summed E-state index contributed by atoms with van der Waals surface area (Å²) in [4.78, 5) is 4.21. The summed E-state index contributed by atoms with van der Waals surface area (Å²) >= 11 is 0. The van der Waals surface area contributed by atoms with Gasteiger partial charge < -0.3 is 5.11 Å². The number of nitrogens with zero attached hydrogens (tertiary/aromatic N) is 1. The third-order valence-electron chi connectivity index (χ3n) is 3.37. The molecule has 0 radical (unpaired) electrons. The fraction of sp³-hybridized carbons (Fsp3) is 0.0625. The molecule has 1 heterocycles. The minimum Gasteiger partial charge on any atom is -0.508 e. The van der Waals surface area contributed by atoms with Crippen LogP contribution in [0.5, 0.6) is 5.75 Å². The van der Waals surface area contributed by atoms with Gasteiger partial charge in [0, 0.05) is 23.4 Å². The summed E-state index contributed by atoms with van der Waals surface area (Å²) in [6.45, 7) is 0. The second-order valence-corrected chi connectivity index (χ2v) is 6.93. The van der Waals surface area contributed by atoms with Gasteiger partial charge in [-0.1, -0.05) is 12.1 Å². The largest absolute Gasteiger partial charge is 0.508 e. The van der Waals surface area contributed by atoms with Crippen molar-refractivity contribution in [3.05, 3.63) is 54.5 Å². The standard InChI is InChI=1S/C16H12FNO3S/c1-22(20,21)15-4-2-3-12-11(7-8-18-16(12)15)13-9-10(19)5-6-14(13)17/h2-9,19H,1H3. The van der Waals surface area contributed by atoms with Gasteiger partial charge in [0.1, 0.15) is 11.6 Å². The lowest BCUT2D eigenvalue weighted by Gasteiger charge is -2.10. The summed E-state index contributed by atoms with van der Waals surface area (Å²) in [5.74, 6) is -0.573. The molecule has 0 aliphatic rings. The maximum Gasteiger partial charge on any atom is 0.177 e. The third-order valence-corrected chi connectivity index (χ3v) is 4.50. The summed E-state index contributed by atoms with van der Waals surface area (Å²) in [6, 6.07) is 10.0. The molecule has 3 aromatic rings. The highest BCUT2D eigenvalue weighted by atomic mass is 32.2. The molecule has 0 amide bonds. The quantitative estimate of drug-likeness (QED) is 0.788. The molecule has 3 rings (SSSR count). The summed E-state index contributed by atoms with van der Waals surface area (Å²) in [5.41, 5.74) is 0.951. The molecule has 0 bridgehead atoms. The highest BCUT2D eigenvalue weighted by Crippen LogP contribution is 2.33. The number of para-hydroxylation sites is 1. The molecule has 6 heteroatoms. The molecule has 0 spiro atoms. The van der Waals surface area contributed by atoms with E-state index in [2.05, 4.69) is 4.98 Å². The SMILES string of the molecule is CS(=O)(=O)c1cccc2c(-c3cc(O)ccc3F)ccnc12. The van der Waals surface area contributed by atoms with E-state index in [-0.39, 0.29) is 21.7 Å². The summed E-state index contributed by atoms with van der Waals surface area (Å²) in [6.07, 6.45) is 2.53. The van der Waals surface area contributed by atoms with E-state index >= 15 is 0 Å². The van der Waals surface area contributed by atoms with Gasteiger partial charge in [-0.2, -0.15) is 0 Å². The Bertz CT molecular complexity index is 984. The van der Waals surface area contributed by atoms with Crippen LogP contribution < -0.4 is 0 Å². The van der Waals surface area contributed by atoms with Gasteiger partial charge in [0.25, 0.3) is 0 Å². The Kier molecular flexibility index (Phi) is 3.33. The number of sulfone groups is 1. The van der Waals surface area contributed by atoms with Crippen LogP contribution in [0.15, 0.2) is 53.6 Å². The average molecular weight is 317 g/mol. The second kappa shape index (κ2) is 5.06. The number of aromatic hydroxyl groups is 1. The monoisotopic (exact) mass is 317 g/mol. The van der Waals surface area contributed by atoms with Crippen molar-refractivity contribution in [3.63, 3.8) is 0 Å². The number of benzene rings is 2. The summed E-state index contributed by atoms with van der Waals surface area (Å²) < 4.78 is 37.8. The molecule has 22 heavy (non-hydrogen) atoms. The van der Waals surface area contributed by atoms with Crippen molar-refractivity contribution in [1.29, 1.82) is 0 Å². The van der Waals surface area contributed by atoms with Crippen LogP contribution >= 0.6 is 0 Å². The molecule has 112 valence electrons. The zero-order valence-corrected chi connectivity index (χ0v) is 12.4. The third kappa shape index (κ3) is 2.42. The van der Waals surface area contributed by atoms with Gasteiger partial charge in [-0.25, -0.2) is 12.8 Å². The lowest BCUT2D eigenvalue weighted by Crippen LogP contribution is -2.00. The Hall–Kier alpha value is -2.47. The zero-order valence-electron chi connectivity index (χ0n) is 11.6. The van der Waals surface area contributed by atoms with Gasteiger partial charge in [-0.05, 0) is 35.9 Å². The first kappa shape index (κ1) is 14.5. The molecule has 0 unspecified atom stereocenters. The first-order valence-corrected chi connectivity index (χ1v) is 8.34. The molecule has 0 saturated carbocycles. The van der Waals surface area contributed by atoms with Crippen molar-refractivity contribution in [2.45, 2.75) is 4.90 Å². The number of hydrogen-bond acceptors (Lipinski definition) is 4. The number of rotatable bonds is 2. The molecule has 2 aromatic carbocycles. The van der Waals surface area contributed by atoms with Crippen molar-refractivity contribution in [2.24, 2.45) is 0 Å². The molecular weight excluding hydrogens is 305 g/mol. The van der Waals surface area contributed by atoms with Crippen LogP contribution in [0.3, 0.4) is 0 Å². The number of phenolic OH excluding ortho intramolecular Hbond substituents is 1. The molecule has 0 atom stereocenters. The molecule has 1 N–H and O–H groups in total. The Labute approximate surface area is 126 Å². The van der Waals surface area contributed by atoms with Crippen molar-refractivity contribution in [2.75, 3.05) is 6.26 Å². The van der Waals surface area contributed by atoms with Crippen molar-refractivity contribution >= 4 is 20.7 Å². The van der Waals surface area contributed by atoms with Gasteiger partial charge >= 0.3 is 0 Å². The first-order valence-electron chi connectivity index (χ1n) is 6.44. The zero-order chi connectivity index (χ0) is 15.9. The lowest BCUT2D eigenvalue weighted by atomic mass is 10.0. The molecule has 0 aliphatic heterocycles. The predicted octanol–water partition coefficient (Wildman–Crippen LogP) is 3.15. The summed E-state index contributed by atoms with van der Waals surface area (Å²) in [5, 5.41) is 10.1. The van der Waals surface area contributed by atoms with Crippen LogP contribution in [0.25, 0.3) is 22.0 Å². The molecule has 0 aliphatic carbocycles. The van der Waals surface area contributed by atoms with E-state index in [4.69, 9.17) is 0 Å². The van der Waals surface area contributed by atoms with Crippen molar-refractivity contribution in [1.82, 2.24) is 4.98 Å². The fourth-order valence-corrected chi connectivity index (χ4v) is 3.24. The van der Waals surface area contributed by atoms with Crippen LogP contribution in [-0.4, -0.2) is 24.8 Å². The maximum atomic E-state index is 14.1. The maximum absolute atomic E-state index is 14.1. The van der Waals surface area contributed by atoms with Gasteiger partial charge in [0.15, 0.2) is 9.84 Å². The van der Waals surface area contributed by atoms with Crippen LogP contribution in [0, 0.1) is 5.82 Å². The summed E-state index contributed by atoms with van der Waals surface area (Å²) in [7, 11) is -3.45. The number of halogens is 1. The van der Waals surface area contributed by atoms with E-state index in [9.17, 15) is 17.9 Å². The van der Waals surface area contributed by atoms with Crippen LogP contribution in [0.2, 0.25) is 0 Å². The van der Waals surface area contributed by atoms with Gasteiger partial charge in [-0.3, -0.25) is 4.98 Å². The van der Waals surface area contributed by atoms with E-state index in [1.54, 1.807) is 18.2 Å². The molecule has 1 aromatic heterocycles. The minimum atomic E-state index is -3.45. The molecule has 0 saturated heterocycles. The Morgan fingerprint density at radius 3 is 2.59 bits per heavy atom. The van der Waals surface area contributed by atoms with Crippen molar-refractivity contribution < 1.29 is 17.9 Å². The first-order chi connectivity index (χ1) is 10.4. The fourth-order valence-electron chi connectivity index (χ4n) is 2.40. The van der Waals surface area contributed by atoms with E-state index in [0.29, 0.717) is 10.9 Å². The molecule has 4 nitrogen and oxygen atoms in total. The normalized spacial score (nSPS) is 11.7. The van der Waals surface area contributed by atoms with Gasteiger partial charge in [-0.15, -0.1) is 0 Å². The Balaban J connectivity index is 2.40. The van der Waals surface area contributed by atoms with E-state index < -0.39 is 15.7 Å². The Morgan fingerprint density at radius 2 is 1.86 bits per heavy atom. The van der Waals surface area contributed by atoms with Crippen LogP contribution in [0.1, 0.15) is 0 Å². The number of aromatic nitrogens is 1. The van der Waals surface area contributed by atoms with Gasteiger partial charge in [0.2, 0.25) is 0 Å². The van der Waals surface area contributed by atoms with E-state index in [0.717, 1.165) is 12.3 Å².